The van der Waals surface area contributed by atoms with Gasteiger partial charge < -0.3 is 10.1 Å². The van der Waals surface area contributed by atoms with Gasteiger partial charge in [-0.25, -0.2) is 0 Å². The molecule has 0 saturated carbocycles. The van der Waals surface area contributed by atoms with Crippen LogP contribution in [0.15, 0.2) is 52.7 Å². The number of hydrogen-bond donors (Lipinski definition) is 1. The van der Waals surface area contributed by atoms with Gasteiger partial charge in [-0.15, -0.1) is 29.8 Å². The Morgan fingerprint density at radius 2 is 2.17 bits per heavy atom. The molecule has 0 bridgehead atoms. The van der Waals surface area contributed by atoms with Crippen molar-refractivity contribution in [2.45, 2.75) is 19.8 Å². The third-order valence-corrected chi connectivity index (χ3v) is 3.42. The minimum atomic E-state index is -0.156. The number of halogens is 1. The monoisotopic (exact) mass is 550 g/mol. The van der Waals surface area contributed by atoms with Crippen LogP contribution in [-0.4, -0.2) is 15.9 Å². The van der Waals surface area contributed by atoms with E-state index in [0.29, 0.717) is 12.8 Å². The van der Waals surface area contributed by atoms with Gasteiger partial charge in [0.05, 0.1) is 5.76 Å². The first kappa shape index (κ1) is 19.8. The van der Waals surface area contributed by atoms with E-state index in [1.807, 2.05) is 42.8 Å². The first-order valence-electron chi connectivity index (χ1n) is 6.90. The van der Waals surface area contributed by atoms with E-state index in [2.05, 4.69) is 27.0 Å². The summed E-state index contributed by atoms with van der Waals surface area (Å²) in [5, 5.41) is 9.54. The van der Waals surface area contributed by atoms with Crippen molar-refractivity contribution in [2.24, 2.45) is 0 Å². The number of aliphatic hydroxyl groups excluding tert-OH is 1. The second-order valence-corrected chi connectivity index (χ2v) is 5.79. The summed E-state index contributed by atoms with van der Waals surface area (Å²) in [7, 11) is 0. The number of nitrogens with zero attached hydrogens (tertiary/aromatic N) is 1. The van der Waals surface area contributed by atoms with E-state index < -0.39 is 0 Å². The normalized spacial score (nSPS) is 11.0. The molecular formula is C18H16BrIrNO2-. The molecule has 0 unspecified atom stereocenters. The molecule has 0 aliphatic rings. The van der Waals surface area contributed by atoms with Crippen LogP contribution >= 0.6 is 15.9 Å². The van der Waals surface area contributed by atoms with Crippen molar-refractivity contribution >= 4 is 21.7 Å². The molecule has 2 radical (unpaired) electrons. The standard InChI is InChI=1S/C18H16BrNO2.Ir/c1-13(21)11-17(22)9-3-7-16-8-4-10-18(20-16)14-5-2-6-15(19)12-14;/h2-4,6,8,10-12,22H,7,9H2,1H3;/q-1;/b17-11-;. The van der Waals surface area contributed by atoms with Crippen LogP contribution in [-0.2, 0) is 31.3 Å². The Bertz CT molecular complexity index is 701. The van der Waals surface area contributed by atoms with Crippen LogP contribution in [0.1, 0.15) is 19.0 Å². The Balaban J connectivity index is 0.00000264. The number of benzene rings is 1. The van der Waals surface area contributed by atoms with Crippen LogP contribution in [0, 0.1) is 12.5 Å². The second-order valence-electron chi connectivity index (χ2n) is 4.88. The van der Waals surface area contributed by atoms with E-state index in [1.165, 1.54) is 13.0 Å². The van der Waals surface area contributed by atoms with Gasteiger partial charge in [0.25, 0.3) is 0 Å². The maximum Gasteiger partial charge on any atom is 0.155 e. The van der Waals surface area contributed by atoms with Gasteiger partial charge in [-0.3, -0.25) is 4.79 Å². The summed E-state index contributed by atoms with van der Waals surface area (Å²) in [6, 6.07) is 14.7. The Kier molecular flexibility index (Phi) is 8.38. The van der Waals surface area contributed by atoms with Crippen molar-refractivity contribution in [3.63, 3.8) is 0 Å². The fraction of sp³-hybridized carbons (Fsp3) is 0.167. The molecule has 0 amide bonds. The predicted octanol–water partition coefficient (Wildman–Crippen LogP) is 4.48. The van der Waals surface area contributed by atoms with Gasteiger partial charge in [0.1, 0.15) is 0 Å². The molecule has 1 aromatic carbocycles. The van der Waals surface area contributed by atoms with Crippen molar-refractivity contribution in [3.05, 3.63) is 70.9 Å². The van der Waals surface area contributed by atoms with Crippen LogP contribution < -0.4 is 0 Å². The molecule has 5 heteroatoms. The number of allylic oxidation sites excluding steroid dienone is 2. The molecule has 0 saturated heterocycles. The molecule has 0 atom stereocenters. The molecule has 0 aliphatic heterocycles. The molecule has 2 aromatic rings. The summed E-state index contributed by atoms with van der Waals surface area (Å²) >= 11 is 3.44. The number of carbonyl (C=O) groups is 1. The zero-order valence-electron chi connectivity index (χ0n) is 12.5. The number of rotatable bonds is 6. The Labute approximate surface area is 158 Å². The quantitative estimate of drug-likeness (QED) is 0.328. The van der Waals surface area contributed by atoms with Crippen molar-refractivity contribution in [1.29, 1.82) is 0 Å². The molecule has 1 heterocycles. The molecule has 2 rings (SSSR count). The van der Waals surface area contributed by atoms with Gasteiger partial charge in [-0.05, 0) is 31.5 Å². The molecular weight excluding hydrogens is 534 g/mol. The molecule has 1 N–H and O–H groups in total. The smallest absolute Gasteiger partial charge is 0.155 e. The fourth-order valence-electron chi connectivity index (χ4n) is 1.99. The molecule has 3 nitrogen and oxygen atoms in total. The van der Waals surface area contributed by atoms with E-state index in [1.54, 1.807) is 0 Å². The van der Waals surface area contributed by atoms with E-state index in [-0.39, 0.29) is 31.6 Å². The van der Waals surface area contributed by atoms with Crippen LogP contribution in [0.5, 0.6) is 0 Å². The third-order valence-electron chi connectivity index (χ3n) is 2.92. The van der Waals surface area contributed by atoms with Gasteiger partial charge in [-0.1, -0.05) is 32.5 Å². The number of aliphatic hydroxyl groups is 1. The Morgan fingerprint density at radius 1 is 1.39 bits per heavy atom. The van der Waals surface area contributed by atoms with Crippen molar-refractivity contribution in [1.82, 2.24) is 4.98 Å². The number of ketones is 1. The molecule has 0 fully saturated rings. The number of hydrogen-bond acceptors (Lipinski definition) is 3. The predicted molar refractivity (Wildman–Crippen MR) is 90.2 cm³/mol. The van der Waals surface area contributed by atoms with Crippen LogP contribution in [0.2, 0.25) is 0 Å². The average molecular weight is 550 g/mol. The summed E-state index contributed by atoms with van der Waals surface area (Å²) < 4.78 is 0.985. The van der Waals surface area contributed by atoms with Gasteiger partial charge in [-0.2, -0.15) is 0 Å². The number of pyridine rings is 1. The van der Waals surface area contributed by atoms with E-state index in [4.69, 9.17) is 0 Å². The third kappa shape index (κ3) is 6.78. The minimum absolute atomic E-state index is 0. The molecule has 122 valence electrons. The summed E-state index contributed by atoms with van der Waals surface area (Å²) in [6.07, 6.45) is 4.11. The molecule has 1 aromatic heterocycles. The zero-order valence-corrected chi connectivity index (χ0v) is 16.5. The summed E-state index contributed by atoms with van der Waals surface area (Å²) in [4.78, 5) is 15.4. The van der Waals surface area contributed by atoms with E-state index in [9.17, 15) is 9.90 Å². The van der Waals surface area contributed by atoms with Crippen molar-refractivity contribution in [2.75, 3.05) is 0 Å². The fourth-order valence-corrected chi connectivity index (χ4v) is 2.35. The van der Waals surface area contributed by atoms with Crippen LogP contribution in [0.3, 0.4) is 0 Å². The molecule has 23 heavy (non-hydrogen) atoms. The van der Waals surface area contributed by atoms with Crippen molar-refractivity contribution < 1.29 is 30.0 Å². The maximum absolute atomic E-state index is 10.8. The van der Waals surface area contributed by atoms with E-state index >= 15 is 0 Å². The van der Waals surface area contributed by atoms with Gasteiger partial charge in [0, 0.05) is 38.3 Å². The number of aromatic nitrogens is 1. The largest absolute Gasteiger partial charge is 0.512 e. The van der Waals surface area contributed by atoms with Crippen molar-refractivity contribution in [3.8, 4) is 11.3 Å². The Morgan fingerprint density at radius 3 is 2.87 bits per heavy atom. The maximum atomic E-state index is 10.8. The van der Waals surface area contributed by atoms with Gasteiger partial charge in [0.15, 0.2) is 5.78 Å². The van der Waals surface area contributed by atoms with Gasteiger partial charge in [0.2, 0.25) is 0 Å². The minimum Gasteiger partial charge on any atom is -0.512 e. The second kappa shape index (κ2) is 9.76. The average Bonchev–Trinajstić information content (AvgIpc) is 2.47. The summed E-state index contributed by atoms with van der Waals surface area (Å²) in [5.74, 6) is -0.0832. The topological polar surface area (TPSA) is 50.2 Å². The first-order chi connectivity index (χ1) is 10.5. The van der Waals surface area contributed by atoms with E-state index in [0.717, 1.165) is 21.4 Å². The molecule has 0 aliphatic carbocycles. The molecule has 0 spiro atoms. The SMILES string of the molecule is CC(=O)/C=C(\O)C[CH]Cc1cccc(-c2[c-]ccc(Br)c2)n1.[Ir]. The summed E-state index contributed by atoms with van der Waals surface area (Å²) in [5.41, 5.74) is 2.69. The summed E-state index contributed by atoms with van der Waals surface area (Å²) in [6.45, 7) is 1.41. The van der Waals surface area contributed by atoms with Gasteiger partial charge >= 0.3 is 0 Å². The van der Waals surface area contributed by atoms with Crippen LogP contribution in [0.4, 0.5) is 0 Å². The first-order valence-corrected chi connectivity index (χ1v) is 7.69. The Hall–Kier alpha value is -1.29. The zero-order chi connectivity index (χ0) is 15.9. The number of carbonyl (C=O) groups excluding carboxylic acids is 1. The van der Waals surface area contributed by atoms with Crippen LogP contribution in [0.25, 0.3) is 11.3 Å².